The van der Waals surface area contributed by atoms with Gasteiger partial charge in [0.2, 0.25) is 0 Å². The van der Waals surface area contributed by atoms with E-state index < -0.39 is 16.2 Å². The molecule has 10 heteroatoms. The van der Waals surface area contributed by atoms with Crippen LogP contribution in [-0.2, 0) is 12.8 Å². The third-order valence-electron chi connectivity index (χ3n) is 4.22. The van der Waals surface area contributed by atoms with Gasteiger partial charge in [-0.3, -0.25) is 0 Å². The Hall–Kier alpha value is -3.21. The van der Waals surface area contributed by atoms with Crippen molar-refractivity contribution in [2.75, 3.05) is 14.2 Å². The monoisotopic (exact) mass is 464 g/mol. The largest absolute Gasteiger partial charge is 0.497 e. The van der Waals surface area contributed by atoms with Crippen LogP contribution in [0.15, 0.2) is 65.1 Å². The molecule has 0 unspecified atom stereocenters. The summed E-state index contributed by atoms with van der Waals surface area (Å²) in [5.74, 6) is 1.77. The molecule has 0 aliphatic carbocycles. The van der Waals surface area contributed by atoms with E-state index >= 15 is 0 Å². The lowest BCUT2D eigenvalue weighted by Crippen LogP contribution is -2.68. The third kappa shape index (κ3) is 8.88. The van der Waals surface area contributed by atoms with Crippen molar-refractivity contribution in [3.8, 4) is 11.5 Å². The molecule has 0 saturated carbocycles. The van der Waals surface area contributed by atoms with E-state index in [4.69, 9.17) is 32.5 Å². The number of carbonyl (C=O) groups is 1. The van der Waals surface area contributed by atoms with Crippen molar-refractivity contribution < 1.29 is 52.7 Å². The lowest BCUT2D eigenvalue weighted by atomic mass is 10.1. The van der Waals surface area contributed by atoms with Crippen molar-refractivity contribution in [3.63, 3.8) is 0 Å². The van der Waals surface area contributed by atoms with Crippen LogP contribution in [0.5, 0.6) is 11.5 Å². The molecule has 0 saturated heterocycles. The maximum absolute atomic E-state index is 11.5. The Morgan fingerprint density at radius 3 is 1.44 bits per heavy atom. The number of methoxy groups -OCH3 is 2. The summed E-state index contributed by atoms with van der Waals surface area (Å²) in [6.07, 6.45) is 1.00. The van der Waals surface area contributed by atoms with E-state index in [1.165, 1.54) is 0 Å². The van der Waals surface area contributed by atoms with E-state index in [1.807, 2.05) is 48.5 Å². The molecular formula is C22H21ClO9. The molecule has 0 bridgehead atoms. The Kier molecular flexibility index (Phi) is 8.94. The van der Waals surface area contributed by atoms with E-state index in [2.05, 4.69) is 0 Å². The van der Waals surface area contributed by atoms with E-state index in [9.17, 15) is 9.90 Å². The van der Waals surface area contributed by atoms with E-state index in [1.54, 1.807) is 26.4 Å². The quantitative estimate of drug-likeness (QED) is 0.463. The number of hydrogen-bond donors (Lipinski definition) is 1. The van der Waals surface area contributed by atoms with Crippen LogP contribution in [0.4, 0.5) is 0 Å². The molecule has 1 aromatic heterocycles. The second kappa shape index (κ2) is 11.4. The first kappa shape index (κ1) is 25.1. The normalized spacial score (nSPS) is 10.7. The lowest BCUT2D eigenvalue weighted by Gasteiger charge is -2.17. The number of rotatable bonds is 7. The fourth-order valence-electron chi connectivity index (χ4n) is 2.80. The molecule has 0 aliphatic heterocycles. The lowest BCUT2D eigenvalue weighted by molar-refractivity contribution is -2.00. The maximum atomic E-state index is 11.5. The van der Waals surface area contributed by atoms with E-state index in [0.29, 0.717) is 24.4 Å². The van der Waals surface area contributed by atoms with Gasteiger partial charge in [-0.2, -0.15) is 0 Å². The van der Waals surface area contributed by atoms with Crippen molar-refractivity contribution >= 4 is 5.97 Å². The molecule has 1 N–H and O–H groups in total. The molecule has 3 rings (SSSR count). The second-order valence-corrected chi connectivity index (χ2v) is 7.27. The zero-order valence-electron chi connectivity index (χ0n) is 17.3. The van der Waals surface area contributed by atoms with Crippen molar-refractivity contribution in [2.45, 2.75) is 12.8 Å². The molecule has 0 aliphatic rings. The van der Waals surface area contributed by atoms with Crippen LogP contribution in [-0.4, -0.2) is 25.3 Å². The Labute approximate surface area is 186 Å². The molecule has 2 aromatic carbocycles. The summed E-state index contributed by atoms with van der Waals surface area (Å²) in [4.78, 5) is 11.5. The number of aromatic carboxylic acids is 1. The van der Waals surface area contributed by atoms with Crippen molar-refractivity contribution in [2.24, 2.45) is 0 Å². The Bertz CT molecular complexity index is 939. The molecule has 0 fully saturated rings. The van der Waals surface area contributed by atoms with Crippen LogP contribution in [0.25, 0.3) is 0 Å². The standard InChI is InChI=1S/C22H20O5.ClHO4/c1-25-18-7-3-15(4-8-18)11-20-13-17(22(23)24)14-21(27-20)12-16-5-9-19(26-2)10-6-16;2-1(3,4)5/h3-10,13-14H,11-12H2,1-2H3;(H,2,3,4,5). The first-order valence-electron chi connectivity index (χ1n) is 9.14. The summed E-state index contributed by atoms with van der Waals surface area (Å²) in [5.41, 5.74) is 2.24. The molecule has 3 aromatic rings. The number of carboxylic acid groups (broad SMARTS) is 1. The number of hydrogen-bond acceptors (Lipinski definition) is 7. The number of ether oxygens (including phenoxy) is 2. The molecule has 170 valence electrons. The van der Waals surface area contributed by atoms with Crippen LogP contribution >= 0.6 is 0 Å². The molecular weight excluding hydrogens is 444 g/mol. The van der Waals surface area contributed by atoms with Gasteiger partial charge in [0, 0.05) is 0 Å². The van der Waals surface area contributed by atoms with Crippen LogP contribution < -0.4 is 28.1 Å². The second-order valence-electron chi connectivity index (χ2n) is 6.51. The van der Waals surface area contributed by atoms with Gasteiger partial charge in [0.25, 0.3) is 0 Å². The van der Waals surface area contributed by atoms with Gasteiger partial charge in [-0.05, 0) is 35.4 Å². The van der Waals surface area contributed by atoms with Crippen molar-refractivity contribution in [1.82, 2.24) is 0 Å². The number of benzene rings is 2. The minimum absolute atomic E-state index is 0.216. The predicted molar refractivity (Wildman–Crippen MR) is 102 cm³/mol. The van der Waals surface area contributed by atoms with Crippen molar-refractivity contribution in [3.05, 3.63) is 88.9 Å². The molecule has 0 radical (unpaired) electrons. The van der Waals surface area contributed by atoms with E-state index in [-0.39, 0.29) is 5.56 Å². The topological polar surface area (TPSA) is 159 Å². The summed E-state index contributed by atoms with van der Waals surface area (Å²) in [6.45, 7) is 0. The molecule has 0 spiro atoms. The number of carboxylic acids is 1. The predicted octanol–water partition coefficient (Wildman–Crippen LogP) is -0.298. The minimum atomic E-state index is -4.94. The van der Waals surface area contributed by atoms with Gasteiger partial charge in [-0.1, -0.05) is 24.3 Å². The highest BCUT2D eigenvalue weighted by Gasteiger charge is 2.20. The van der Waals surface area contributed by atoms with Crippen LogP contribution in [0.1, 0.15) is 33.0 Å². The highest BCUT2D eigenvalue weighted by molar-refractivity contribution is 5.87. The van der Waals surface area contributed by atoms with Gasteiger partial charge in [0.15, 0.2) is 0 Å². The highest BCUT2D eigenvalue weighted by atomic mass is 35.7. The van der Waals surface area contributed by atoms with Gasteiger partial charge >= 0.3 is 17.5 Å². The molecule has 0 amide bonds. The van der Waals surface area contributed by atoms with Gasteiger partial charge in [0.1, 0.15) is 11.5 Å². The Morgan fingerprint density at radius 2 is 1.16 bits per heavy atom. The summed E-state index contributed by atoms with van der Waals surface area (Å²) < 4.78 is 50.3. The van der Waals surface area contributed by atoms with Gasteiger partial charge in [-0.25, -0.2) is 27.8 Å². The summed E-state index contributed by atoms with van der Waals surface area (Å²) in [6, 6.07) is 18.4. The first-order chi connectivity index (χ1) is 15.1. The zero-order chi connectivity index (χ0) is 23.7. The average molecular weight is 465 g/mol. The Balaban J connectivity index is 0.000000654. The highest BCUT2D eigenvalue weighted by Crippen LogP contribution is 2.20. The minimum Gasteiger partial charge on any atom is -0.497 e. The summed E-state index contributed by atoms with van der Waals surface area (Å²) in [7, 11) is -1.71. The molecule has 9 nitrogen and oxygen atoms in total. The number of halogens is 1. The summed E-state index contributed by atoms with van der Waals surface area (Å²) >= 11 is 0. The van der Waals surface area contributed by atoms with E-state index in [0.717, 1.165) is 22.6 Å². The fourth-order valence-corrected chi connectivity index (χ4v) is 2.80. The van der Waals surface area contributed by atoms with Crippen LogP contribution in [0.2, 0.25) is 0 Å². The molecule has 1 heterocycles. The maximum Gasteiger partial charge on any atom is 0.336 e. The average Bonchev–Trinajstić information content (AvgIpc) is 2.73. The first-order valence-corrected chi connectivity index (χ1v) is 10.4. The molecule has 0 atom stereocenters. The SMILES string of the molecule is COc1ccc(Cc2cc(C(=O)O)cc(Cc3ccc(OC)cc3)[o+]2)cc1.[O-][Cl+3]([O-])([O-])[O-]. The van der Waals surface area contributed by atoms with Gasteiger partial charge < -0.3 is 14.6 Å². The fraction of sp³-hybridized carbons (Fsp3) is 0.182. The molecule has 32 heavy (non-hydrogen) atoms. The smallest absolute Gasteiger partial charge is 0.336 e. The third-order valence-corrected chi connectivity index (χ3v) is 4.22. The van der Waals surface area contributed by atoms with Crippen LogP contribution in [0, 0.1) is 10.2 Å². The van der Waals surface area contributed by atoms with Gasteiger partial charge in [-0.15, -0.1) is 10.2 Å². The summed E-state index contributed by atoms with van der Waals surface area (Å²) in [5, 5.41) is 9.43. The van der Waals surface area contributed by atoms with Crippen molar-refractivity contribution in [1.29, 1.82) is 0 Å². The van der Waals surface area contributed by atoms with Gasteiger partial charge in [0.05, 0.1) is 44.8 Å². The van der Waals surface area contributed by atoms with Crippen LogP contribution in [0.3, 0.4) is 0 Å². The zero-order valence-corrected chi connectivity index (χ0v) is 18.0. The Morgan fingerprint density at radius 1 is 0.812 bits per heavy atom.